The van der Waals surface area contributed by atoms with Crippen molar-refractivity contribution >= 4 is 17.7 Å². The predicted molar refractivity (Wildman–Crippen MR) is 101 cm³/mol. The Balaban J connectivity index is 1.99. The van der Waals surface area contributed by atoms with Crippen LogP contribution in [0.1, 0.15) is 35.2 Å². The molecule has 0 saturated heterocycles. The first kappa shape index (κ1) is 18.4. The van der Waals surface area contributed by atoms with Gasteiger partial charge in [0.2, 0.25) is 5.91 Å². The van der Waals surface area contributed by atoms with Gasteiger partial charge in [-0.15, -0.1) is 11.8 Å². The second-order valence-electron chi connectivity index (χ2n) is 6.09. The van der Waals surface area contributed by atoms with Crippen LogP contribution in [0.25, 0.3) is 0 Å². The molecule has 0 heterocycles. The number of carbonyl (C=O) groups is 1. The molecule has 0 saturated carbocycles. The van der Waals surface area contributed by atoms with Gasteiger partial charge in [-0.25, -0.2) is 0 Å². The van der Waals surface area contributed by atoms with Crippen LogP contribution in [-0.2, 0) is 4.79 Å². The van der Waals surface area contributed by atoms with Crippen LogP contribution in [0, 0.1) is 20.8 Å². The summed E-state index contributed by atoms with van der Waals surface area (Å²) in [6.45, 7) is 8.15. The molecule has 1 atom stereocenters. The second kappa shape index (κ2) is 8.25. The predicted octanol–water partition coefficient (Wildman–Crippen LogP) is 4.59. The number of methoxy groups -OCH3 is 1. The molecule has 128 valence electrons. The number of benzene rings is 2. The highest BCUT2D eigenvalue weighted by Gasteiger charge is 2.14. The van der Waals surface area contributed by atoms with Crippen LogP contribution >= 0.6 is 11.8 Å². The fraction of sp³-hybridized carbons (Fsp3) is 0.350. The van der Waals surface area contributed by atoms with E-state index in [1.165, 1.54) is 11.1 Å². The van der Waals surface area contributed by atoms with E-state index >= 15 is 0 Å². The van der Waals surface area contributed by atoms with Gasteiger partial charge in [0, 0.05) is 10.5 Å². The van der Waals surface area contributed by atoms with E-state index in [0.29, 0.717) is 5.75 Å². The van der Waals surface area contributed by atoms with Crippen molar-refractivity contribution in [2.24, 2.45) is 0 Å². The lowest BCUT2D eigenvalue weighted by Gasteiger charge is -2.18. The van der Waals surface area contributed by atoms with E-state index in [-0.39, 0.29) is 11.9 Å². The van der Waals surface area contributed by atoms with Crippen molar-refractivity contribution in [2.75, 3.05) is 12.9 Å². The Morgan fingerprint density at radius 2 is 1.79 bits per heavy atom. The van der Waals surface area contributed by atoms with Gasteiger partial charge >= 0.3 is 0 Å². The number of amides is 1. The zero-order chi connectivity index (χ0) is 17.7. The molecule has 0 spiro atoms. The first-order chi connectivity index (χ1) is 11.4. The summed E-state index contributed by atoms with van der Waals surface area (Å²) in [5, 5.41) is 3.06. The largest absolute Gasteiger partial charge is 0.496 e. The van der Waals surface area contributed by atoms with Crippen molar-refractivity contribution < 1.29 is 9.53 Å². The molecule has 2 rings (SSSR count). The SMILES string of the molecule is COc1ccc(C)cc1[C@H](C)NC(=O)CSc1cc(C)ccc1C. The highest BCUT2D eigenvalue weighted by Crippen LogP contribution is 2.27. The van der Waals surface area contributed by atoms with Crippen molar-refractivity contribution in [3.05, 3.63) is 58.7 Å². The summed E-state index contributed by atoms with van der Waals surface area (Å²) in [6, 6.07) is 12.2. The summed E-state index contributed by atoms with van der Waals surface area (Å²) in [6.07, 6.45) is 0. The minimum Gasteiger partial charge on any atom is -0.496 e. The summed E-state index contributed by atoms with van der Waals surface area (Å²) < 4.78 is 5.40. The van der Waals surface area contributed by atoms with Gasteiger partial charge in [-0.05, 0) is 45.4 Å². The fourth-order valence-corrected chi connectivity index (χ4v) is 3.49. The van der Waals surface area contributed by atoms with Crippen LogP contribution in [0.15, 0.2) is 41.3 Å². The summed E-state index contributed by atoms with van der Waals surface area (Å²) in [5.74, 6) is 1.23. The van der Waals surface area contributed by atoms with Gasteiger partial charge in [-0.3, -0.25) is 4.79 Å². The molecule has 0 unspecified atom stereocenters. The Kier molecular flexibility index (Phi) is 6.32. The Bertz CT molecular complexity index is 728. The molecule has 0 radical (unpaired) electrons. The smallest absolute Gasteiger partial charge is 0.230 e. The lowest BCUT2D eigenvalue weighted by molar-refractivity contribution is -0.119. The molecule has 0 aliphatic rings. The third-order valence-corrected chi connectivity index (χ3v) is 5.09. The first-order valence-electron chi connectivity index (χ1n) is 8.04. The van der Waals surface area contributed by atoms with Gasteiger partial charge in [0.15, 0.2) is 0 Å². The molecule has 0 aromatic heterocycles. The van der Waals surface area contributed by atoms with Crippen LogP contribution < -0.4 is 10.1 Å². The Hall–Kier alpha value is -1.94. The molecule has 1 N–H and O–H groups in total. The molecule has 0 aliphatic carbocycles. The molecule has 3 nitrogen and oxygen atoms in total. The van der Waals surface area contributed by atoms with Crippen LogP contribution in [0.4, 0.5) is 0 Å². The normalized spacial score (nSPS) is 11.9. The number of thioether (sulfide) groups is 1. The van der Waals surface area contributed by atoms with E-state index in [0.717, 1.165) is 21.8 Å². The van der Waals surface area contributed by atoms with E-state index in [1.807, 2.05) is 26.0 Å². The average molecular weight is 343 g/mol. The molecular weight excluding hydrogens is 318 g/mol. The summed E-state index contributed by atoms with van der Waals surface area (Å²) >= 11 is 1.58. The number of rotatable bonds is 6. The van der Waals surface area contributed by atoms with Crippen molar-refractivity contribution in [3.8, 4) is 5.75 Å². The minimum atomic E-state index is -0.0912. The van der Waals surface area contributed by atoms with Gasteiger partial charge in [0.25, 0.3) is 0 Å². The monoisotopic (exact) mass is 343 g/mol. The zero-order valence-corrected chi connectivity index (χ0v) is 15.8. The number of aryl methyl sites for hydroxylation is 3. The number of carbonyl (C=O) groups excluding carboxylic acids is 1. The van der Waals surface area contributed by atoms with Gasteiger partial charge in [0.1, 0.15) is 5.75 Å². The van der Waals surface area contributed by atoms with E-state index in [2.05, 4.69) is 43.4 Å². The number of hydrogen-bond donors (Lipinski definition) is 1. The van der Waals surface area contributed by atoms with Crippen molar-refractivity contribution in [3.63, 3.8) is 0 Å². The van der Waals surface area contributed by atoms with Crippen molar-refractivity contribution in [1.29, 1.82) is 0 Å². The van der Waals surface area contributed by atoms with Gasteiger partial charge in [-0.2, -0.15) is 0 Å². The number of nitrogens with one attached hydrogen (secondary N) is 1. The lowest BCUT2D eigenvalue weighted by atomic mass is 10.0. The van der Waals surface area contributed by atoms with E-state index in [4.69, 9.17) is 4.74 Å². The van der Waals surface area contributed by atoms with Gasteiger partial charge < -0.3 is 10.1 Å². The molecule has 0 aliphatic heterocycles. The van der Waals surface area contributed by atoms with Crippen LogP contribution in [0.5, 0.6) is 5.75 Å². The molecule has 24 heavy (non-hydrogen) atoms. The van der Waals surface area contributed by atoms with Crippen LogP contribution in [0.3, 0.4) is 0 Å². The summed E-state index contributed by atoms with van der Waals surface area (Å²) in [5.41, 5.74) is 4.56. The van der Waals surface area contributed by atoms with Gasteiger partial charge in [0.05, 0.1) is 18.9 Å². The Morgan fingerprint density at radius 1 is 1.12 bits per heavy atom. The standard InChI is InChI=1S/C20H25NO2S/c1-13-7-9-18(23-5)17(10-13)16(4)21-20(22)12-24-19-11-14(2)6-8-15(19)3/h6-11,16H,12H2,1-5H3,(H,21,22)/t16-/m0/s1. The maximum atomic E-state index is 12.3. The number of ether oxygens (including phenoxy) is 1. The molecule has 2 aromatic rings. The second-order valence-corrected chi connectivity index (χ2v) is 7.11. The maximum Gasteiger partial charge on any atom is 0.230 e. The van der Waals surface area contributed by atoms with Gasteiger partial charge in [-0.1, -0.05) is 35.4 Å². The van der Waals surface area contributed by atoms with Crippen LogP contribution in [0.2, 0.25) is 0 Å². The summed E-state index contributed by atoms with van der Waals surface area (Å²) in [4.78, 5) is 13.5. The quantitative estimate of drug-likeness (QED) is 0.780. The highest BCUT2D eigenvalue weighted by molar-refractivity contribution is 8.00. The number of hydrogen-bond acceptors (Lipinski definition) is 3. The third kappa shape index (κ3) is 4.78. The molecule has 4 heteroatoms. The minimum absolute atomic E-state index is 0.0250. The van der Waals surface area contributed by atoms with E-state index in [9.17, 15) is 4.79 Å². The lowest BCUT2D eigenvalue weighted by Crippen LogP contribution is -2.28. The Labute approximate surface area is 148 Å². The first-order valence-corrected chi connectivity index (χ1v) is 9.03. The molecule has 2 aromatic carbocycles. The van der Waals surface area contributed by atoms with E-state index in [1.54, 1.807) is 18.9 Å². The van der Waals surface area contributed by atoms with Crippen molar-refractivity contribution in [2.45, 2.75) is 38.6 Å². The third-order valence-electron chi connectivity index (χ3n) is 3.93. The molecular formula is C20H25NO2S. The van der Waals surface area contributed by atoms with Crippen molar-refractivity contribution in [1.82, 2.24) is 5.32 Å². The highest BCUT2D eigenvalue weighted by atomic mass is 32.2. The topological polar surface area (TPSA) is 38.3 Å². The molecule has 0 fully saturated rings. The van der Waals surface area contributed by atoms with E-state index < -0.39 is 0 Å². The maximum absolute atomic E-state index is 12.3. The van der Waals surface area contributed by atoms with Crippen LogP contribution in [-0.4, -0.2) is 18.8 Å². The fourth-order valence-electron chi connectivity index (χ4n) is 2.56. The Morgan fingerprint density at radius 3 is 2.50 bits per heavy atom. The average Bonchev–Trinajstić information content (AvgIpc) is 2.55. The molecule has 1 amide bonds. The summed E-state index contributed by atoms with van der Waals surface area (Å²) in [7, 11) is 1.65. The molecule has 0 bridgehead atoms. The zero-order valence-electron chi connectivity index (χ0n) is 15.0.